The van der Waals surface area contributed by atoms with Crippen LogP contribution in [0.1, 0.15) is 99.8 Å². The summed E-state index contributed by atoms with van der Waals surface area (Å²) in [6.07, 6.45) is 4.13. The fraction of sp³-hybridized carbons (Fsp3) is 0.767. The van der Waals surface area contributed by atoms with E-state index in [0.29, 0.717) is 12.1 Å². The lowest BCUT2D eigenvalue weighted by molar-refractivity contribution is -0.208. The second-order valence-corrected chi connectivity index (χ2v) is 12.8. The van der Waals surface area contributed by atoms with E-state index in [2.05, 4.69) is 6.92 Å². The number of aliphatic hydroxyl groups excluding tert-OH is 1. The number of unbranched alkanes of at least 4 members (excludes halogenated alkanes) is 5. The molecule has 1 N–H and O–H groups in total. The first kappa shape index (κ1) is 34.8. The number of rotatable bonds is 14. The summed E-state index contributed by atoms with van der Waals surface area (Å²) in [4.78, 5) is 53.8. The molecule has 11 heteroatoms. The molecular weight excluding hydrogens is 550 g/mol. The van der Waals surface area contributed by atoms with E-state index in [0.717, 1.165) is 25.0 Å². The maximum atomic E-state index is 13.0. The lowest BCUT2D eigenvalue weighted by atomic mass is 9.75. The fourth-order valence-electron chi connectivity index (χ4n) is 5.23. The minimum Gasteiger partial charge on any atom is -0.511 e. The molecule has 232 valence electrons. The van der Waals surface area contributed by atoms with Crippen LogP contribution in [0.25, 0.3) is 0 Å². The summed E-state index contributed by atoms with van der Waals surface area (Å²) in [7, 11) is 0. The lowest BCUT2D eigenvalue weighted by Gasteiger charge is -2.43. The Hall–Kier alpha value is -2.40. The number of carbonyl (C=O) groups excluding carboxylic acids is 4. The van der Waals surface area contributed by atoms with Gasteiger partial charge < -0.3 is 24.1 Å². The average Bonchev–Trinajstić information content (AvgIpc) is 2.83. The van der Waals surface area contributed by atoms with E-state index in [1.54, 1.807) is 6.92 Å². The van der Waals surface area contributed by atoms with Gasteiger partial charge in [-0.15, -0.1) is 11.8 Å². The van der Waals surface area contributed by atoms with Gasteiger partial charge in [0.2, 0.25) is 0 Å². The Balaban J connectivity index is 2.47. The standard InChI is InChI=1S/C30H47NO9S/c1-8-9-10-11-12-13-14-41-29-26(31-18(2)25-22(35)15-30(6,7)16-23(25)36)28(39-21(5)34)27(38-20(4)33)24(40-29)17-37-19(3)32/h24,26-29,35H,8-17H2,1-7H3/t24-,26-,27-,28-,29+/m1/s1. The number of hydrogen-bond donors (Lipinski definition) is 1. The van der Waals surface area contributed by atoms with Gasteiger partial charge in [-0.2, -0.15) is 0 Å². The molecule has 0 saturated carbocycles. The number of ketones is 1. The van der Waals surface area contributed by atoms with Crippen LogP contribution in [-0.2, 0) is 38.1 Å². The summed E-state index contributed by atoms with van der Waals surface area (Å²) in [6, 6.07) is -0.870. The molecule has 0 bridgehead atoms. The zero-order chi connectivity index (χ0) is 30.7. The first-order valence-electron chi connectivity index (χ1n) is 14.5. The van der Waals surface area contributed by atoms with Gasteiger partial charge in [0.15, 0.2) is 18.0 Å². The van der Waals surface area contributed by atoms with Crippen LogP contribution in [0.15, 0.2) is 16.3 Å². The SMILES string of the molecule is CCCCCCCCS[C@@H]1O[C@H](COC(C)=O)[C@@H](OC(C)=O)[C@H](OC(C)=O)[C@H]1N=C(C)C1=C(O)CC(C)(C)CC1=O. The van der Waals surface area contributed by atoms with E-state index in [1.807, 2.05) is 13.8 Å². The Morgan fingerprint density at radius 1 is 0.951 bits per heavy atom. The molecular formula is C30H47NO9S. The predicted octanol–water partition coefficient (Wildman–Crippen LogP) is 5.26. The molecule has 10 nitrogen and oxygen atoms in total. The van der Waals surface area contributed by atoms with Gasteiger partial charge in [-0.3, -0.25) is 24.2 Å². The van der Waals surface area contributed by atoms with Crippen LogP contribution in [-0.4, -0.2) is 76.7 Å². The van der Waals surface area contributed by atoms with Gasteiger partial charge in [-0.1, -0.05) is 52.9 Å². The van der Waals surface area contributed by atoms with Crippen molar-refractivity contribution in [2.75, 3.05) is 12.4 Å². The molecule has 5 atom stereocenters. The van der Waals surface area contributed by atoms with Crippen molar-refractivity contribution in [2.45, 2.75) is 130 Å². The van der Waals surface area contributed by atoms with Crippen LogP contribution < -0.4 is 0 Å². The lowest BCUT2D eigenvalue weighted by Crippen LogP contribution is -2.60. The van der Waals surface area contributed by atoms with Crippen LogP contribution in [0.4, 0.5) is 0 Å². The molecule has 2 rings (SSSR count). The van der Waals surface area contributed by atoms with Gasteiger partial charge in [0, 0.05) is 39.3 Å². The Morgan fingerprint density at radius 2 is 1.56 bits per heavy atom. The van der Waals surface area contributed by atoms with Crippen LogP contribution in [0, 0.1) is 5.41 Å². The number of allylic oxidation sites excluding steroid dienone is 2. The monoisotopic (exact) mass is 597 g/mol. The summed E-state index contributed by atoms with van der Waals surface area (Å²) < 4.78 is 22.8. The number of Topliss-reactive ketones (excluding diaryl/α,β-unsaturated/α-hetero) is 1. The molecule has 1 fully saturated rings. The van der Waals surface area contributed by atoms with Crippen molar-refractivity contribution in [1.29, 1.82) is 0 Å². The summed E-state index contributed by atoms with van der Waals surface area (Å²) in [5.74, 6) is -1.31. The van der Waals surface area contributed by atoms with E-state index in [4.69, 9.17) is 23.9 Å². The van der Waals surface area contributed by atoms with Crippen molar-refractivity contribution in [3.05, 3.63) is 11.3 Å². The van der Waals surface area contributed by atoms with Crippen molar-refractivity contribution >= 4 is 41.2 Å². The Morgan fingerprint density at radius 3 is 2.15 bits per heavy atom. The van der Waals surface area contributed by atoms with E-state index in [9.17, 15) is 24.3 Å². The number of nitrogens with zero attached hydrogens (tertiary/aromatic N) is 1. The van der Waals surface area contributed by atoms with Gasteiger partial charge in [-0.05, 0) is 24.5 Å². The minimum absolute atomic E-state index is 0.0335. The first-order chi connectivity index (χ1) is 19.3. The number of thioether (sulfide) groups is 1. The number of aliphatic imine (C=N–C) groups is 1. The molecule has 2 aliphatic rings. The van der Waals surface area contributed by atoms with Gasteiger partial charge in [0.05, 0.1) is 5.57 Å². The smallest absolute Gasteiger partial charge is 0.303 e. The van der Waals surface area contributed by atoms with E-state index in [1.165, 1.54) is 51.8 Å². The quantitative estimate of drug-likeness (QED) is 0.122. The maximum absolute atomic E-state index is 13.0. The number of aliphatic hydroxyl groups is 1. The number of hydrogen-bond acceptors (Lipinski definition) is 11. The molecule has 0 aromatic rings. The van der Waals surface area contributed by atoms with Crippen molar-refractivity contribution in [2.24, 2.45) is 10.4 Å². The van der Waals surface area contributed by atoms with Crippen LogP contribution in [0.5, 0.6) is 0 Å². The summed E-state index contributed by atoms with van der Waals surface area (Å²) >= 11 is 1.48. The molecule has 0 aromatic heterocycles. The highest BCUT2D eigenvalue weighted by Gasteiger charge is 2.51. The van der Waals surface area contributed by atoms with Gasteiger partial charge in [0.25, 0.3) is 0 Å². The first-order valence-corrected chi connectivity index (χ1v) is 15.6. The van der Waals surface area contributed by atoms with E-state index >= 15 is 0 Å². The molecule has 0 amide bonds. The average molecular weight is 598 g/mol. The van der Waals surface area contributed by atoms with Crippen molar-refractivity contribution in [1.82, 2.24) is 0 Å². The normalized spacial score (nSPS) is 26.5. The molecule has 41 heavy (non-hydrogen) atoms. The third-order valence-corrected chi connectivity index (χ3v) is 8.25. The second kappa shape index (κ2) is 16.3. The maximum Gasteiger partial charge on any atom is 0.303 e. The molecule has 0 aromatic carbocycles. The van der Waals surface area contributed by atoms with Gasteiger partial charge in [-0.25, -0.2) is 0 Å². The predicted molar refractivity (Wildman–Crippen MR) is 157 cm³/mol. The summed E-state index contributed by atoms with van der Waals surface area (Å²) in [5, 5.41) is 10.8. The van der Waals surface area contributed by atoms with Gasteiger partial charge >= 0.3 is 17.9 Å². The molecule has 0 unspecified atom stereocenters. The molecule has 0 radical (unpaired) electrons. The van der Waals surface area contributed by atoms with E-state index < -0.39 is 47.7 Å². The number of esters is 3. The minimum atomic E-state index is -1.12. The summed E-state index contributed by atoms with van der Waals surface area (Å²) in [5.41, 5.74) is -0.607. The Bertz CT molecular complexity index is 1010. The number of ether oxygens (including phenoxy) is 4. The van der Waals surface area contributed by atoms with Crippen molar-refractivity contribution in [3.63, 3.8) is 0 Å². The van der Waals surface area contributed by atoms with Crippen LogP contribution in [0.2, 0.25) is 0 Å². The Kier molecular flexibility index (Phi) is 13.8. The highest BCUT2D eigenvalue weighted by molar-refractivity contribution is 7.99. The Labute approximate surface area is 248 Å². The molecule has 1 saturated heterocycles. The fourth-order valence-corrected chi connectivity index (χ4v) is 6.47. The third-order valence-electron chi connectivity index (χ3n) is 7.01. The molecule has 1 aliphatic heterocycles. The second-order valence-electron chi connectivity index (χ2n) is 11.6. The highest BCUT2D eigenvalue weighted by Crippen LogP contribution is 2.38. The number of carbonyl (C=O) groups is 4. The van der Waals surface area contributed by atoms with Gasteiger partial charge in [0.1, 0.15) is 29.9 Å². The molecule has 1 heterocycles. The summed E-state index contributed by atoms with van der Waals surface area (Å²) in [6.45, 7) is 11.1. The topological polar surface area (TPSA) is 138 Å². The third kappa shape index (κ3) is 11.1. The van der Waals surface area contributed by atoms with Crippen LogP contribution in [0.3, 0.4) is 0 Å². The molecule has 0 spiro atoms. The van der Waals surface area contributed by atoms with Crippen LogP contribution >= 0.6 is 11.8 Å². The highest BCUT2D eigenvalue weighted by atomic mass is 32.2. The largest absolute Gasteiger partial charge is 0.511 e. The zero-order valence-electron chi connectivity index (χ0n) is 25.5. The van der Waals surface area contributed by atoms with Crippen molar-refractivity contribution in [3.8, 4) is 0 Å². The van der Waals surface area contributed by atoms with Crippen molar-refractivity contribution < 1.29 is 43.2 Å². The zero-order valence-corrected chi connectivity index (χ0v) is 26.3. The molecule has 1 aliphatic carbocycles. The van der Waals surface area contributed by atoms with E-state index in [-0.39, 0.29) is 35.6 Å².